The first-order valence-corrected chi connectivity index (χ1v) is 9.30. The van der Waals surface area contributed by atoms with Crippen LogP contribution in [0.2, 0.25) is 0 Å². The van der Waals surface area contributed by atoms with Crippen molar-refractivity contribution in [3.05, 3.63) is 65.7 Å². The monoisotopic (exact) mass is 369 g/mol. The quantitative estimate of drug-likeness (QED) is 0.461. The maximum absolute atomic E-state index is 12.6. The number of ether oxygens (including phenoxy) is 1. The molecule has 1 atom stereocenters. The summed E-state index contributed by atoms with van der Waals surface area (Å²) in [5, 5.41) is 10.1. The van der Waals surface area contributed by atoms with Gasteiger partial charge in [0.25, 0.3) is 0 Å². The largest absolute Gasteiger partial charge is 0.490 e. The van der Waals surface area contributed by atoms with E-state index in [-0.39, 0.29) is 18.9 Å². The van der Waals surface area contributed by atoms with Gasteiger partial charge in [-0.1, -0.05) is 49.4 Å². The number of ketones is 1. The van der Waals surface area contributed by atoms with E-state index in [2.05, 4.69) is 0 Å². The van der Waals surface area contributed by atoms with Gasteiger partial charge in [0.15, 0.2) is 5.78 Å². The van der Waals surface area contributed by atoms with Crippen LogP contribution in [0, 0.1) is 0 Å². The highest BCUT2D eigenvalue weighted by Gasteiger charge is 2.15. The Balaban J connectivity index is 1.92. The predicted molar refractivity (Wildman–Crippen MR) is 105 cm³/mol. The minimum absolute atomic E-state index is 0.00411. The summed E-state index contributed by atoms with van der Waals surface area (Å²) in [5.74, 6) is 0.465. The number of para-hydroxylation sites is 1. The fourth-order valence-corrected chi connectivity index (χ4v) is 2.84. The van der Waals surface area contributed by atoms with Crippen molar-refractivity contribution in [1.29, 1.82) is 0 Å². The second kappa shape index (κ2) is 11.1. The highest BCUT2D eigenvalue weighted by molar-refractivity contribution is 5.98. The van der Waals surface area contributed by atoms with Gasteiger partial charge >= 0.3 is 0 Å². The molecule has 0 saturated carbocycles. The molecule has 5 nitrogen and oxygen atoms in total. The molecule has 2 rings (SSSR count). The molecule has 27 heavy (non-hydrogen) atoms. The molecule has 0 spiro atoms. The number of Topliss-reactive ketones (excluding diaryl/α,β-unsaturated/α-hetero) is 1. The molecule has 0 fully saturated rings. The van der Waals surface area contributed by atoms with Crippen molar-refractivity contribution in [3.8, 4) is 5.75 Å². The molecule has 0 heterocycles. The van der Waals surface area contributed by atoms with Gasteiger partial charge in [0.05, 0.1) is 5.56 Å². The highest BCUT2D eigenvalue weighted by Crippen LogP contribution is 2.21. The van der Waals surface area contributed by atoms with Gasteiger partial charge in [-0.05, 0) is 30.5 Å². The summed E-state index contributed by atoms with van der Waals surface area (Å²) in [7, 11) is 0. The molecular formula is C22H27NO4. The Morgan fingerprint density at radius 1 is 1.15 bits per heavy atom. The summed E-state index contributed by atoms with van der Waals surface area (Å²) in [4.78, 5) is 25.1. The van der Waals surface area contributed by atoms with Gasteiger partial charge in [0, 0.05) is 19.5 Å². The van der Waals surface area contributed by atoms with Crippen LogP contribution in [-0.4, -0.2) is 48.0 Å². The van der Waals surface area contributed by atoms with Crippen LogP contribution in [0.3, 0.4) is 0 Å². The van der Waals surface area contributed by atoms with Crippen molar-refractivity contribution in [2.45, 2.75) is 32.3 Å². The molecule has 5 heteroatoms. The SMILES string of the molecule is CCCN(C=O)CC(O)COc1ccccc1C(=O)CCc1ccccc1. The van der Waals surface area contributed by atoms with E-state index in [1.165, 1.54) is 4.90 Å². The van der Waals surface area contributed by atoms with Gasteiger partial charge in [-0.25, -0.2) is 0 Å². The Morgan fingerprint density at radius 3 is 2.56 bits per heavy atom. The first-order valence-electron chi connectivity index (χ1n) is 9.30. The standard InChI is InChI=1S/C22H27NO4/c1-2-14-23(17-24)15-19(25)16-27-22-11-7-6-10-20(22)21(26)13-12-18-8-4-3-5-9-18/h3-11,17,19,25H,2,12-16H2,1H3. The molecular weight excluding hydrogens is 342 g/mol. The number of aliphatic hydroxyl groups is 1. The van der Waals surface area contributed by atoms with Crippen LogP contribution in [0.5, 0.6) is 5.75 Å². The average Bonchev–Trinajstić information content (AvgIpc) is 2.71. The van der Waals surface area contributed by atoms with Gasteiger partial charge in [-0.15, -0.1) is 0 Å². The van der Waals surface area contributed by atoms with E-state index in [4.69, 9.17) is 4.74 Å². The number of hydrogen-bond donors (Lipinski definition) is 1. The second-order valence-electron chi connectivity index (χ2n) is 6.47. The van der Waals surface area contributed by atoms with Crippen molar-refractivity contribution >= 4 is 12.2 Å². The molecule has 1 amide bonds. The van der Waals surface area contributed by atoms with E-state index in [0.717, 1.165) is 18.4 Å². The van der Waals surface area contributed by atoms with Gasteiger partial charge in [-0.3, -0.25) is 9.59 Å². The maximum Gasteiger partial charge on any atom is 0.209 e. The van der Waals surface area contributed by atoms with Crippen molar-refractivity contribution in [2.75, 3.05) is 19.7 Å². The normalized spacial score (nSPS) is 11.6. The van der Waals surface area contributed by atoms with E-state index in [0.29, 0.717) is 30.7 Å². The van der Waals surface area contributed by atoms with Crippen molar-refractivity contribution in [3.63, 3.8) is 0 Å². The molecule has 144 valence electrons. The molecule has 0 saturated heterocycles. The van der Waals surface area contributed by atoms with Crippen LogP contribution in [0.1, 0.15) is 35.7 Å². The van der Waals surface area contributed by atoms with Gasteiger partial charge in [0.2, 0.25) is 6.41 Å². The van der Waals surface area contributed by atoms with Gasteiger partial charge < -0.3 is 14.7 Å². The third kappa shape index (κ3) is 6.87. The Kier molecular flexibility index (Phi) is 8.52. The van der Waals surface area contributed by atoms with Crippen molar-refractivity contribution in [2.24, 2.45) is 0 Å². The number of rotatable bonds is 12. The summed E-state index contributed by atoms with van der Waals surface area (Å²) in [6.45, 7) is 2.80. The highest BCUT2D eigenvalue weighted by atomic mass is 16.5. The van der Waals surface area contributed by atoms with Crippen LogP contribution in [0.15, 0.2) is 54.6 Å². The number of aryl methyl sites for hydroxylation is 1. The minimum atomic E-state index is -0.811. The molecule has 0 bridgehead atoms. The van der Waals surface area contributed by atoms with E-state index in [1.54, 1.807) is 24.3 Å². The van der Waals surface area contributed by atoms with E-state index >= 15 is 0 Å². The van der Waals surface area contributed by atoms with Gasteiger partial charge in [0.1, 0.15) is 18.5 Å². The lowest BCUT2D eigenvalue weighted by atomic mass is 10.0. The van der Waals surface area contributed by atoms with Gasteiger partial charge in [-0.2, -0.15) is 0 Å². The molecule has 0 aliphatic rings. The molecule has 0 radical (unpaired) electrons. The van der Waals surface area contributed by atoms with Crippen LogP contribution >= 0.6 is 0 Å². The Morgan fingerprint density at radius 2 is 1.85 bits per heavy atom. The molecule has 2 aromatic rings. The first-order chi connectivity index (χ1) is 13.1. The third-order valence-corrected chi connectivity index (χ3v) is 4.21. The zero-order valence-electron chi connectivity index (χ0n) is 15.7. The first kappa shape index (κ1) is 20.6. The molecule has 1 N–H and O–H groups in total. The Hall–Kier alpha value is -2.66. The van der Waals surface area contributed by atoms with Crippen molar-refractivity contribution < 1.29 is 19.4 Å². The van der Waals surface area contributed by atoms with E-state index < -0.39 is 6.10 Å². The number of nitrogens with zero attached hydrogens (tertiary/aromatic N) is 1. The minimum Gasteiger partial charge on any atom is -0.490 e. The molecule has 1 unspecified atom stereocenters. The lowest BCUT2D eigenvalue weighted by molar-refractivity contribution is -0.119. The van der Waals surface area contributed by atoms with E-state index in [1.807, 2.05) is 37.3 Å². The second-order valence-corrected chi connectivity index (χ2v) is 6.47. The average molecular weight is 369 g/mol. The summed E-state index contributed by atoms with van der Waals surface area (Å²) < 4.78 is 5.68. The Labute approximate surface area is 160 Å². The van der Waals surface area contributed by atoms with E-state index in [9.17, 15) is 14.7 Å². The summed E-state index contributed by atoms with van der Waals surface area (Å²) in [5.41, 5.74) is 1.63. The van der Waals surface area contributed by atoms with Crippen LogP contribution in [-0.2, 0) is 11.2 Å². The molecule has 0 aliphatic carbocycles. The predicted octanol–water partition coefficient (Wildman–Crippen LogP) is 3.11. The summed E-state index contributed by atoms with van der Waals surface area (Å²) in [6.07, 6.45) is 1.80. The number of carbonyl (C=O) groups is 2. The zero-order chi connectivity index (χ0) is 19.5. The maximum atomic E-state index is 12.6. The van der Waals surface area contributed by atoms with Crippen molar-refractivity contribution in [1.82, 2.24) is 4.90 Å². The number of aliphatic hydroxyl groups excluding tert-OH is 1. The number of benzene rings is 2. The lowest BCUT2D eigenvalue weighted by Crippen LogP contribution is -2.35. The third-order valence-electron chi connectivity index (χ3n) is 4.21. The number of carbonyl (C=O) groups excluding carboxylic acids is 2. The van der Waals surface area contributed by atoms with Crippen LogP contribution < -0.4 is 4.74 Å². The van der Waals surface area contributed by atoms with Crippen LogP contribution in [0.25, 0.3) is 0 Å². The fraction of sp³-hybridized carbons (Fsp3) is 0.364. The fourth-order valence-electron chi connectivity index (χ4n) is 2.84. The number of hydrogen-bond acceptors (Lipinski definition) is 4. The van der Waals surface area contributed by atoms with Crippen LogP contribution in [0.4, 0.5) is 0 Å². The smallest absolute Gasteiger partial charge is 0.209 e. The summed E-state index contributed by atoms with van der Waals surface area (Å²) in [6, 6.07) is 16.9. The zero-order valence-corrected chi connectivity index (χ0v) is 15.7. The lowest BCUT2D eigenvalue weighted by Gasteiger charge is -2.21. The number of amides is 1. The Bertz CT molecular complexity index is 717. The molecule has 0 aliphatic heterocycles. The molecule has 2 aromatic carbocycles. The topological polar surface area (TPSA) is 66.8 Å². The summed E-state index contributed by atoms with van der Waals surface area (Å²) >= 11 is 0. The molecule has 0 aromatic heterocycles.